The number of ether oxygens (including phenoxy) is 1. The van der Waals surface area contributed by atoms with Crippen LogP contribution in [-0.2, 0) is 13.0 Å². The van der Waals surface area contributed by atoms with Crippen molar-refractivity contribution in [1.29, 1.82) is 0 Å². The second-order valence-corrected chi connectivity index (χ2v) is 4.36. The van der Waals surface area contributed by atoms with Crippen molar-refractivity contribution in [2.45, 2.75) is 25.5 Å². The second-order valence-electron chi connectivity index (χ2n) is 4.36. The summed E-state index contributed by atoms with van der Waals surface area (Å²) < 4.78 is 7.51. The van der Waals surface area contributed by atoms with E-state index in [1.54, 1.807) is 7.11 Å². The lowest BCUT2D eigenvalue weighted by atomic mass is 10.1. The van der Waals surface area contributed by atoms with Crippen LogP contribution in [0.5, 0.6) is 5.75 Å². The van der Waals surface area contributed by atoms with Crippen molar-refractivity contribution in [3.63, 3.8) is 0 Å². The molecular weight excluding hydrogens is 202 g/mol. The molecule has 0 aliphatic carbocycles. The van der Waals surface area contributed by atoms with Gasteiger partial charge in [-0.3, -0.25) is 0 Å². The number of fused-ring (bicyclic) bond motifs is 3. The first-order chi connectivity index (χ1) is 7.78. The van der Waals surface area contributed by atoms with Gasteiger partial charge in [0.15, 0.2) is 0 Å². The Morgan fingerprint density at radius 2 is 2.25 bits per heavy atom. The molecule has 1 aromatic carbocycles. The first-order valence-electron chi connectivity index (χ1n) is 5.62. The molecule has 3 rings (SSSR count). The van der Waals surface area contributed by atoms with E-state index in [9.17, 15) is 5.11 Å². The fraction of sp³-hybridized carbons (Fsp3) is 0.385. The van der Waals surface area contributed by atoms with E-state index in [-0.39, 0.29) is 6.10 Å². The Morgan fingerprint density at radius 3 is 3.06 bits per heavy atom. The highest BCUT2D eigenvalue weighted by molar-refractivity contribution is 5.83. The van der Waals surface area contributed by atoms with Crippen molar-refractivity contribution in [3.8, 4) is 5.75 Å². The third-order valence-corrected chi connectivity index (χ3v) is 3.32. The van der Waals surface area contributed by atoms with E-state index in [0.29, 0.717) is 0 Å². The Balaban J connectivity index is 2.16. The molecule has 0 bridgehead atoms. The SMILES string of the molecule is COc1ccc2c(c1)cc1n2CCC(O)C1. The topological polar surface area (TPSA) is 34.4 Å². The normalized spacial score (nSPS) is 19.8. The number of hydrogen-bond acceptors (Lipinski definition) is 2. The van der Waals surface area contributed by atoms with E-state index >= 15 is 0 Å². The molecule has 2 aromatic rings. The highest BCUT2D eigenvalue weighted by Gasteiger charge is 2.18. The molecule has 0 saturated heterocycles. The van der Waals surface area contributed by atoms with Gasteiger partial charge in [0.25, 0.3) is 0 Å². The fourth-order valence-electron chi connectivity index (χ4n) is 2.49. The zero-order valence-electron chi connectivity index (χ0n) is 9.31. The smallest absolute Gasteiger partial charge is 0.119 e. The predicted octanol–water partition coefficient (Wildman–Crippen LogP) is 1.96. The third kappa shape index (κ3) is 1.39. The summed E-state index contributed by atoms with van der Waals surface area (Å²) in [7, 11) is 1.68. The number of aromatic nitrogens is 1. The summed E-state index contributed by atoms with van der Waals surface area (Å²) in [6, 6.07) is 8.28. The summed E-state index contributed by atoms with van der Waals surface area (Å²) >= 11 is 0. The number of hydrogen-bond donors (Lipinski definition) is 1. The van der Waals surface area contributed by atoms with E-state index < -0.39 is 0 Å². The zero-order valence-corrected chi connectivity index (χ0v) is 9.31. The Labute approximate surface area is 94.3 Å². The van der Waals surface area contributed by atoms with Crippen LogP contribution in [0, 0.1) is 0 Å². The molecule has 1 N–H and O–H groups in total. The summed E-state index contributed by atoms with van der Waals surface area (Å²) in [5.74, 6) is 0.885. The van der Waals surface area contributed by atoms with E-state index in [4.69, 9.17) is 4.74 Å². The van der Waals surface area contributed by atoms with Crippen molar-refractivity contribution < 1.29 is 9.84 Å². The van der Waals surface area contributed by atoms with Crippen LogP contribution in [0.2, 0.25) is 0 Å². The van der Waals surface area contributed by atoms with Gasteiger partial charge in [0.05, 0.1) is 13.2 Å². The minimum Gasteiger partial charge on any atom is -0.497 e. The lowest BCUT2D eigenvalue weighted by molar-refractivity contribution is 0.144. The number of nitrogens with zero attached hydrogens (tertiary/aromatic N) is 1. The molecule has 2 heterocycles. The van der Waals surface area contributed by atoms with Crippen molar-refractivity contribution >= 4 is 10.9 Å². The molecule has 0 fully saturated rings. The predicted molar refractivity (Wildman–Crippen MR) is 62.8 cm³/mol. The van der Waals surface area contributed by atoms with E-state index in [2.05, 4.69) is 16.7 Å². The van der Waals surface area contributed by atoms with Crippen LogP contribution >= 0.6 is 0 Å². The van der Waals surface area contributed by atoms with Gasteiger partial charge in [0.2, 0.25) is 0 Å². The third-order valence-electron chi connectivity index (χ3n) is 3.32. The summed E-state index contributed by atoms with van der Waals surface area (Å²) in [5, 5.41) is 10.8. The van der Waals surface area contributed by atoms with Crippen molar-refractivity contribution in [3.05, 3.63) is 30.0 Å². The lowest BCUT2D eigenvalue weighted by Crippen LogP contribution is -2.22. The molecule has 1 aliphatic rings. The molecule has 0 spiro atoms. The van der Waals surface area contributed by atoms with Gasteiger partial charge in [-0.1, -0.05) is 0 Å². The van der Waals surface area contributed by atoms with Gasteiger partial charge in [-0.25, -0.2) is 0 Å². The molecule has 1 aliphatic heterocycles. The molecule has 0 saturated carbocycles. The molecule has 0 radical (unpaired) electrons. The zero-order chi connectivity index (χ0) is 11.1. The molecule has 1 unspecified atom stereocenters. The van der Waals surface area contributed by atoms with Crippen LogP contribution in [0.15, 0.2) is 24.3 Å². The quantitative estimate of drug-likeness (QED) is 0.792. The maximum atomic E-state index is 9.64. The average Bonchev–Trinajstić information content (AvgIpc) is 2.64. The largest absolute Gasteiger partial charge is 0.497 e. The number of aryl methyl sites for hydroxylation is 1. The molecule has 84 valence electrons. The Morgan fingerprint density at radius 1 is 1.38 bits per heavy atom. The lowest BCUT2D eigenvalue weighted by Gasteiger charge is -2.20. The first kappa shape index (κ1) is 9.73. The fourth-order valence-corrected chi connectivity index (χ4v) is 2.49. The van der Waals surface area contributed by atoms with Gasteiger partial charge in [-0.2, -0.15) is 0 Å². The Kier molecular flexibility index (Phi) is 2.14. The van der Waals surface area contributed by atoms with Crippen LogP contribution in [0.25, 0.3) is 10.9 Å². The molecule has 1 aromatic heterocycles. The molecule has 16 heavy (non-hydrogen) atoms. The second kappa shape index (κ2) is 3.52. The Bertz CT molecular complexity index is 530. The van der Waals surface area contributed by atoms with Gasteiger partial charge in [0, 0.05) is 29.6 Å². The van der Waals surface area contributed by atoms with Gasteiger partial charge >= 0.3 is 0 Å². The monoisotopic (exact) mass is 217 g/mol. The summed E-state index contributed by atoms with van der Waals surface area (Å²) in [5.41, 5.74) is 2.46. The van der Waals surface area contributed by atoms with Gasteiger partial charge < -0.3 is 14.4 Å². The maximum Gasteiger partial charge on any atom is 0.119 e. The molecule has 3 heteroatoms. The summed E-state index contributed by atoms with van der Waals surface area (Å²) in [6.45, 7) is 0.909. The van der Waals surface area contributed by atoms with Crippen LogP contribution in [0.1, 0.15) is 12.1 Å². The van der Waals surface area contributed by atoms with Gasteiger partial charge in [-0.05, 0) is 30.7 Å². The molecule has 0 amide bonds. The molecule has 1 atom stereocenters. The van der Waals surface area contributed by atoms with Gasteiger partial charge in [-0.15, -0.1) is 0 Å². The summed E-state index contributed by atoms with van der Waals surface area (Å²) in [6.07, 6.45) is 1.43. The number of rotatable bonds is 1. The average molecular weight is 217 g/mol. The minimum absolute atomic E-state index is 0.182. The minimum atomic E-state index is -0.182. The first-order valence-corrected chi connectivity index (χ1v) is 5.62. The Hall–Kier alpha value is -1.48. The van der Waals surface area contributed by atoms with E-state index in [1.807, 2.05) is 12.1 Å². The molecule has 3 nitrogen and oxygen atoms in total. The summed E-state index contributed by atoms with van der Waals surface area (Å²) in [4.78, 5) is 0. The van der Waals surface area contributed by atoms with E-state index in [1.165, 1.54) is 16.6 Å². The van der Waals surface area contributed by atoms with Gasteiger partial charge in [0.1, 0.15) is 5.75 Å². The number of benzene rings is 1. The number of aliphatic hydroxyl groups is 1. The van der Waals surface area contributed by atoms with Crippen LogP contribution in [0.4, 0.5) is 0 Å². The van der Waals surface area contributed by atoms with Crippen molar-refractivity contribution in [2.75, 3.05) is 7.11 Å². The van der Waals surface area contributed by atoms with Crippen molar-refractivity contribution in [1.82, 2.24) is 4.57 Å². The highest BCUT2D eigenvalue weighted by atomic mass is 16.5. The molecular formula is C13H15NO2. The van der Waals surface area contributed by atoms with Crippen molar-refractivity contribution in [2.24, 2.45) is 0 Å². The van der Waals surface area contributed by atoms with Crippen LogP contribution in [-0.4, -0.2) is 22.9 Å². The maximum absolute atomic E-state index is 9.64. The van der Waals surface area contributed by atoms with Crippen LogP contribution < -0.4 is 4.74 Å². The highest BCUT2D eigenvalue weighted by Crippen LogP contribution is 2.28. The number of methoxy groups -OCH3 is 1. The van der Waals surface area contributed by atoms with Crippen LogP contribution in [0.3, 0.4) is 0 Å². The number of aliphatic hydroxyl groups excluding tert-OH is 1. The van der Waals surface area contributed by atoms with E-state index in [0.717, 1.165) is 25.1 Å². The standard InChI is InChI=1S/C13H15NO2/c1-16-12-2-3-13-9(7-12)6-10-8-11(15)4-5-14(10)13/h2-3,6-7,11,15H,4-5,8H2,1H3.